The van der Waals surface area contributed by atoms with Gasteiger partial charge in [0.2, 0.25) is 0 Å². The van der Waals surface area contributed by atoms with E-state index in [1.54, 1.807) is 0 Å². The van der Waals surface area contributed by atoms with Gasteiger partial charge in [-0.05, 0) is 109 Å². The molecule has 6 nitrogen and oxygen atoms in total. The van der Waals surface area contributed by atoms with Crippen LogP contribution in [0.3, 0.4) is 0 Å². The number of carbonyl (C=O) groups excluding carboxylic acids is 3. The van der Waals surface area contributed by atoms with E-state index in [-0.39, 0.29) is 31.1 Å². The second-order valence-corrected chi connectivity index (χ2v) is 23.0. The Morgan fingerprint density at radius 1 is 0.253 bits per heavy atom. The van der Waals surface area contributed by atoms with Gasteiger partial charge in [-0.2, -0.15) is 0 Å². The van der Waals surface area contributed by atoms with Gasteiger partial charge in [-0.3, -0.25) is 14.4 Å². The second kappa shape index (κ2) is 70.3. The van der Waals surface area contributed by atoms with Crippen LogP contribution in [0.5, 0.6) is 0 Å². The normalized spacial score (nSPS) is 12.9. The van der Waals surface area contributed by atoms with Crippen molar-refractivity contribution in [3.05, 3.63) is 122 Å². The van der Waals surface area contributed by atoms with Crippen molar-refractivity contribution in [2.75, 3.05) is 13.2 Å². The Kier molecular flexibility index (Phi) is 66.7. The molecule has 0 aromatic carbocycles. The van der Waals surface area contributed by atoms with Gasteiger partial charge in [0.25, 0.3) is 0 Å². The van der Waals surface area contributed by atoms with Gasteiger partial charge in [-0.25, -0.2) is 0 Å². The lowest BCUT2D eigenvalue weighted by atomic mass is 10.0. The molecule has 0 amide bonds. The average Bonchev–Trinajstić information content (AvgIpc) is 3.49. The smallest absolute Gasteiger partial charge is 0.306 e. The summed E-state index contributed by atoms with van der Waals surface area (Å²) in [6.45, 7) is 6.44. The molecular formula is C77H130O6. The Hall–Kier alpha value is -4.19. The molecule has 0 saturated carbocycles. The number of ether oxygens (including phenoxy) is 3. The van der Waals surface area contributed by atoms with E-state index in [9.17, 15) is 14.4 Å². The molecule has 474 valence electrons. The Morgan fingerprint density at radius 3 is 0.735 bits per heavy atom. The van der Waals surface area contributed by atoms with Gasteiger partial charge in [0.15, 0.2) is 6.10 Å². The van der Waals surface area contributed by atoms with Gasteiger partial charge < -0.3 is 14.2 Å². The standard InChI is InChI=1S/C77H130O6/c1-4-7-10-13-16-19-22-25-28-31-33-34-35-36-37-38-39-40-41-42-44-46-49-52-55-58-61-64-67-70-76(79)82-73-74(72-81-75(78)69-66-63-60-57-54-51-48-45-30-27-24-21-18-15-12-9-6-3)83-77(80)71-68-65-62-59-56-53-50-47-43-32-29-26-23-20-17-14-11-8-5-2/h7-8,10-11,16-17,19-20,25-26,28-29,33-34,36-37,39-40,43,47,74H,4-6,9,12-15,18,21-24,27,30-32,35,38,41-42,44-46,48-73H2,1-3H3/b10-7-,11-8-,19-16-,20-17-,28-25-,29-26-,34-33-,37-36-,40-39-,47-43-. The van der Waals surface area contributed by atoms with E-state index >= 15 is 0 Å². The molecule has 0 aliphatic heterocycles. The zero-order valence-electron chi connectivity index (χ0n) is 54.4. The van der Waals surface area contributed by atoms with E-state index in [2.05, 4.69) is 142 Å². The molecule has 0 aliphatic rings. The van der Waals surface area contributed by atoms with Gasteiger partial charge in [0.1, 0.15) is 13.2 Å². The predicted octanol–water partition coefficient (Wildman–Crippen LogP) is 24.3. The van der Waals surface area contributed by atoms with Crippen LogP contribution in [0.15, 0.2) is 122 Å². The number of rotatable bonds is 63. The Balaban J connectivity index is 4.36. The molecule has 0 aromatic rings. The Bertz CT molecular complexity index is 1700. The first-order valence-electron chi connectivity index (χ1n) is 35.0. The highest BCUT2D eigenvalue weighted by Crippen LogP contribution is 2.17. The SMILES string of the molecule is CC/C=C\C/C=C\C/C=C\C/C=C\C/C=C\C/C=C\CCCCCCCCCCCCC(=O)OCC(COC(=O)CCCCCCCCCCCCCCCCCCC)OC(=O)CCCCCCCC/C=C\C/C=C\C/C=C\C/C=C\CC. The Labute approximate surface area is 513 Å². The third-order valence-electron chi connectivity index (χ3n) is 15.0. The van der Waals surface area contributed by atoms with Crippen molar-refractivity contribution in [1.29, 1.82) is 0 Å². The molecule has 0 spiro atoms. The molecule has 0 aliphatic carbocycles. The lowest BCUT2D eigenvalue weighted by molar-refractivity contribution is -0.167. The summed E-state index contributed by atoms with van der Waals surface area (Å²) in [4.78, 5) is 38.5. The van der Waals surface area contributed by atoms with Crippen LogP contribution in [0.4, 0.5) is 0 Å². The first kappa shape index (κ1) is 78.8. The van der Waals surface area contributed by atoms with Crippen molar-refractivity contribution < 1.29 is 28.6 Å². The van der Waals surface area contributed by atoms with E-state index in [0.717, 1.165) is 135 Å². The highest BCUT2D eigenvalue weighted by molar-refractivity contribution is 5.71. The van der Waals surface area contributed by atoms with Crippen LogP contribution in [-0.4, -0.2) is 37.2 Å². The molecule has 0 bridgehead atoms. The monoisotopic (exact) mass is 1150 g/mol. The van der Waals surface area contributed by atoms with Crippen molar-refractivity contribution in [3.8, 4) is 0 Å². The van der Waals surface area contributed by atoms with Gasteiger partial charge >= 0.3 is 17.9 Å². The summed E-state index contributed by atoms with van der Waals surface area (Å²) in [6.07, 6.45) is 97.8. The van der Waals surface area contributed by atoms with Gasteiger partial charge in [0, 0.05) is 19.3 Å². The second-order valence-electron chi connectivity index (χ2n) is 23.0. The molecule has 0 N–H and O–H groups in total. The fourth-order valence-electron chi connectivity index (χ4n) is 9.79. The summed E-state index contributed by atoms with van der Waals surface area (Å²) in [5, 5.41) is 0. The van der Waals surface area contributed by atoms with Crippen LogP contribution < -0.4 is 0 Å². The fraction of sp³-hybridized carbons (Fsp3) is 0.701. The molecule has 6 heteroatoms. The van der Waals surface area contributed by atoms with Crippen molar-refractivity contribution in [2.45, 2.75) is 335 Å². The average molecular weight is 1150 g/mol. The predicted molar refractivity (Wildman–Crippen MR) is 362 cm³/mol. The number of allylic oxidation sites excluding steroid dienone is 20. The van der Waals surface area contributed by atoms with E-state index in [1.807, 2.05) is 0 Å². The molecule has 0 aromatic heterocycles. The summed E-state index contributed by atoms with van der Waals surface area (Å²) in [7, 11) is 0. The minimum absolute atomic E-state index is 0.0838. The van der Waals surface area contributed by atoms with Crippen LogP contribution in [0, 0.1) is 0 Å². The summed E-state index contributed by atoms with van der Waals surface area (Å²) < 4.78 is 17.0. The quantitative estimate of drug-likeness (QED) is 0.0261. The maximum atomic E-state index is 13.0. The number of hydrogen-bond acceptors (Lipinski definition) is 6. The fourth-order valence-corrected chi connectivity index (χ4v) is 9.79. The number of unbranched alkanes of at least 4 members (excludes halogenated alkanes) is 32. The third kappa shape index (κ3) is 68.5. The van der Waals surface area contributed by atoms with E-state index in [0.29, 0.717) is 19.3 Å². The van der Waals surface area contributed by atoms with Crippen LogP contribution in [0.1, 0.15) is 329 Å². The Morgan fingerprint density at radius 2 is 0.470 bits per heavy atom. The van der Waals surface area contributed by atoms with Crippen LogP contribution in [0.2, 0.25) is 0 Å². The minimum Gasteiger partial charge on any atom is -0.462 e. The van der Waals surface area contributed by atoms with Gasteiger partial charge in [-0.1, -0.05) is 322 Å². The van der Waals surface area contributed by atoms with Gasteiger partial charge in [-0.15, -0.1) is 0 Å². The zero-order chi connectivity index (χ0) is 59.9. The first-order valence-corrected chi connectivity index (χ1v) is 35.0. The maximum absolute atomic E-state index is 13.0. The number of esters is 3. The highest BCUT2D eigenvalue weighted by Gasteiger charge is 2.19. The first-order chi connectivity index (χ1) is 41.0. The lowest BCUT2D eigenvalue weighted by Gasteiger charge is -2.18. The molecule has 0 fully saturated rings. The molecular weight excluding hydrogens is 1020 g/mol. The summed E-state index contributed by atoms with van der Waals surface area (Å²) in [6, 6.07) is 0. The lowest BCUT2D eigenvalue weighted by Crippen LogP contribution is -2.30. The van der Waals surface area contributed by atoms with Crippen LogP contribution in [0.25, 0.3) is 0 Å². The molecule has 1 unspecified atom stereocenters. The van der Waals surface area contributed by atoms with E-state index in [1.165, 1.54) is 154 Å². The minimum atomic E-state index is -0.791. The van der Waals surface area contributed by atoms with Gasteiger partial charge in [0.05, 0.1) is 0 Å². The molecule has 0 rings (SSSR count). The van der Waals surface area contributed by atoms with E-state index < -0.39 is 6.10 Å². The van der Waals surface area contributed by atoms with Crippen molar-refractivity contribution >= 4 is 17.9 Å². The highest BCUT2D eigenvalue weighted by atomic mass is 16.6. The summed E-state index contributed by atoms with van der Waals surface area (Å²) in [5.74, 6) is -0.889. The van der Waals surface area contributed by atoms with Crippen molar-refractivity contribution in [3.63, 3.8) is 0 Å². The molecule has 0 saturated heterocycles. The zero-order valence-corrected chi connectivity index (χ0v) is 54.4. The van der Waals surface area contributed by atoms with Crippen molar-refractivity contribution in [2.24, 2.45) is 0 Å². The van der Waals surface area contributed by atoms with Crippen LogP contribution in [-0.2, 0) is 28.6 Å². The number of hydrogen-bond donors (Lipinski definition) is 0. The third-order valence-corrected chi connectivity index (χ3v) is 15.0. The van der Waals surface area contributed by atoms with Crippen LogP contribution >= 0.6 is 0 Å². The number of carbonyl (C=O) groups is 3. The topological polar surface area (TPSA) is 78.9 Å². The summed E-state index contributed by atoms with van der Waals surface area (Å²) >= 11 is 0. The molecule has 0 heterocycles. The summed E-state index contributed by atoms with van der Waals surface area (Å²) in [5.41, 5.74) is 0. The molecule has 1 atom stereocenters. The molecule has 83 heavy (non-hydrogen) atoms. The van der Waals surface area contributed by atoms with Crippen molar-refractivity contribution in [1.82, 2.24) is 0 Å². The molecule has 0 radical (unpaired) electrons. The maximum Gasteiger partial charge on any atom is 0.306 e. The van der Waals surface area contributed by atoms with E-state index in [4.69, 9.17) is 14.2 Å². The largest absolute Gasteiger partial charge is 0.462 e.